The normalized spacial score (nSPS) is 18.1. The molecule has 0 radical (unpaired) electrons. The number of rotatable bonds is 6. The second-order valence-electron chi connectivity index (χ2n) is 5.07. The van der Waals surface area contributed by atoms with Gasteiger partial charge in [0.1, 0.15) is 6.61 Å². The number of para-hydroxylation sites is 2. The number of benzene rings is 1. The lowest BCUT2D eigenvalue weighted by Crippen LogP contribution is -2.43. The minimum absolute atomic E-state index is 0.0187. The van der Waals surface area contributed by atoms with Gasteiger partial charge in [0.05, 0.1) is 19.1 Å². The van der Waals surface area contributed by atoms with Crippen molar-refractivity contribution in [2.45, 2.75) is 18.6 Å². The summed E-state index contributed by atoms with van der Waals surface area (Å²) in [5.74, 6) is 1.44. The van der Waals surface area contributed by atoms with Gasteiger partial charge in [0.2, 0.25) is 5.91 Å². The van der Waals surface area contributed by atoms with Crippen molar-refractivity contribution in [1.29, 1.82) is 0 Å². The summed E-state index contributed by atoms with van der Waals surface area (Å²) in [6.07, 6.45) is -0.148. The summed E-state index contributed by atoms with van der Waals surface area (Å²) in [5, 5.41) is 0. The Bertz CT molecular complexity index is 476. The van der Waals surface area contributed by atoms with Crippen LogP contribution >= 0.6 is 0 Å². The molecule has 2 rings (SSSR count). The van der Waals surface area contributed by atoms with Gasteiger partial charge in [0.25, 0.3) is 0 Å². The third-order valence-corrected chi connectivity index (χ3v) is 3.47. The fourth-order valence-electron chi connectivity index (χ4n) is 2.17. The van der Waals surface area contributed by atoms with Gasteiger partial charge in [-0.25, -0.2) is 0 Å². The highest BCUT2D eigenvalue weighted by Crippen LogP contribution is 2.30. The molecule has 0 fully saturated rings. The van der Waals surface area contributed by atoms with E-state index in [0.29, 0.717) is 25.4 Å². The molecule has 0 saturated heterocycles. The quantitative estimate of drug-likeness (QED) is 0.834. The number of nitrogens with zero attached hydrogens (tertiary/aromatic N) is 1. The van der Waals surface area contributed by atoms with Gasteiger partial charge >= 0.3 is 0 Å². The first-order valence-corrected chi connectivity index (χ1v) is 6.99. The third kappa shape index (κ3) is 4.09. The number of hydrogen-bond acceptors (Lipinski definition) is 5. The van der Waals surface area contributed by atoms with Crippen LogP contribution in [0.1, 0.15) is 6.42 Å². The van der Waals surface area contributed by atoms with E-state index in [2.05, 4.69) is 0 Å². The van der Waals surface area contributed by atoms with Gasteiger partial charge in [-0.1, -0.05) is 12.1 Å². The number of hydrogen-bond donors (Lipinski definition) is 1. The fourth-order valence-corrected chi connectivity index (χ4v) is 2.17. The predicted octanol–water partition coefficient (Wildman–Crippen LogP) is 0.649. The lowest BCUT2D eigenvalue weighted by atomic mass is 10.2. The number of carbonyl (C=O) groups excluding carboxylic acids is 1. The molecule has 6 heteroatoms. The minimum atomic E-state index is -0.246. The van der Waals surface area contributed by atoms with Crippen LogP contribution < -0.4 is 15.2 Å². The Balaban J connectivity index is 1.86. The van der Waals surface area contributed by atoms with Crippen molar-refractivity contribution < 1.29 is 19.0 Å². The first-order chi connectivity index (χ1) is 10.1. The molecule has 1 aromatic rings. The van der Waals surface area contributed by atoms with Crippen LogP contribution in [0.4, 0.5) is 0 Å². The Kier molecular flexibility index (Phi) is 5.41. The smallest absolute Gasteiger partial charge is 0.225 e. The van der Waals surface area contributed by atoms with Crippen molar-refractivity contribution in [2.75, 3.05) is 33.9 Å². The van der Waals surface area contributed by atoms with E-state index in [1.165, 1.54) is 0 Å². The van der Waals surface area contributed by atoms with Crippen molar-refractivity contribution >= 4 is 5.91 Å². The summed E-state index contributed by atoms with van der Waals surface area (Å²) in [4.78, 5) is 13.7. The van der Waals surface area contributed by atoms with Gasteiger partial charge in [0, 0.05) is 20.7 Å². The van der Waals surface area contributed by atoms with E-state index >= 15 is 0 Å². The maximum atomic E-state index is 12.1. The number of ether oxygens (including phenoxy) is 3. The van der Waals surface area contributed by atoms with E-state index in [1.54, 1.807) is 19.1 Å². The zero-order valence-corrected chi connectivity index (χ0v) is 12.5. The molecule has 1 aromatic carbocycles. The van der Waals surface area contributed by atoms with Crippen LogP contribution in [0.25, 0.3) is 0 Å². The molecule has 0 aromatic heterocycles. The average molecular weight is 294 g/mol. The predicted molar refractivity (Wildman–Crippen MR) is 78.5 cm³/mol. The molecule has 2 atom stereocenters. The highest BCUT2D eigenvalue weighted by Gasteiger charge is 2.24. The van der Waals surface area contributed by atoms with E-state index in [0.717, 1.165) is 5.75 Å². The van der Waals surface area contributed by atoms with Gasteiger partial charge in [-0.2, -0.15) is 0 Å². The van der Waals surface area contributed by atoms with Crippen molar-refractivity contribution in [3.63, 3.8) is 0 Å². The summed E-state index contributed by atoms with van der Waals surface area (Å²) >= 11 is 0. The highest BCUT2D eigenvalue weighted by atomic mass is 16.6. The number of nitrogens with two attached hydrogens (primary N) is 1. The number of methoxy groups -OCH3 is 1. The van der Waals surface area contributed by atoms with Crippen molar-refractivity contribution in [3.8, 4) is 11.5 Å². The number of fused-ring (bicyclic) bond motifs is 1. The summed E-state index contributed by atoms with van der Waals surface area (Å²) in [6.45, 7) is 1.22. The SMILES string of the molecule is COC(CN)CC(=O)N(C)CC1COc2ccccc2O1. The summed E-state index contributed by atoms with van der Waals surface area (Å²) in [5.41, 5.74) is 5.53. The van der Waals surface area contributed by atoms with E-state index < -0.39 is 0 Å². The van der Waals surface area contributed by atoms with Gasteiger partial charge in [-0.15, -0.1) is 0 Å². The Morgan fingerprint density at radius 1 is 1.48 bits per heavy atom. The molecule has 0 aliphatic carbocycles. The lowest BCUT2D eigenvalue weighted by Gasteiger charge is -2.30. The van der Waals surface area contributed by atoms with Crippen molar-refractivity contribution in [1.82, 2.24) is 4.90 Å². The van der Waals surface area contributed by atoms with Crippen molar-refractivity contribution in [3.05, 3.63) is 24.3 Å². The molecule has 1 heterocycles. The highest BCUT2D eigenvalue weighted by molar-refractivity contribution is 5.76. The molecule has 6 nitrogen and oxygen atoms in total. The fraction of sp³-hybridized carbons (Fsp3) is 0.533. The number of amides is 1. The summed E-state index contributed by atoms with van der Waals surface area (Å²) in [7, 11) is 3.30. The Morgan fingerprint density at radius 3 is 2.86 bits per heavy atom. The average Bonchev–Trinajstić information content (AvgIpc) is 2.52. The molecule has 21 heavy (non-hydrogen) atoms. The van der Waals surface area contributed by atoms with Crippen LogP contribution in [0.3, 0.4) is 0 Å². The molecular weight excluding hydrogens is 272 g/mol. The summed E-state index contributed by atoms with van der Waals surface area (Å²) < 4.78 is 16.6. The van der Waals surface area contributed by atoms with Crippen LogP contribution in [0, 0.1) is 0 Å². The number of likely N-dealkylation sites (N-methyl/N-ethyl adjacent to an activating group) is 1. The molecule has 1 aliphatic rings. The van der Waals surface area contributed by atoms with Crippen molar-refractivity contribution in [2.24, 2.45) is 5.73 Å². The standard InChI is InChI=1S/C15H22N2O4/c1-17(15(18)7-11(8-16)19-2)9-12-10-20-13-5-3-4-6-14(13)21-12/h3-6,11-12H,7-10,16H2,1-2H3. The molecule has 0 spiro atoms. The van der Waals surface area contributed by atoms with Gasteiger partial charge in [-0.3, -0.25) is 4.79 Å². The molecule has 116 valence electrons. The van der Waals surface area contributed by atoms with Crippen LogP contribution in [-0.4, -0.2) is 56.9 Å². The topological polar surface area (TPSA) is 74.0 Å². The zero-order valence-electron chi connectivity index (χ0n) is 12.5. The van der Waals surface area contributed by atoms with Crippen LogP contribution in [0.5, 0.6) is 11.5 Å². The number of carbonyl (C=O) groups is 1. The molecule has 2 N–H and O–H groups in total. The minimum Gasteiger partial charge on any atom is -0.486 e. The van der Waals surface area contributed by atoms with Gasteiger partial charge < -0.3 is 24.8 Å². The van der Waals surface area contributed by atoms with Crippen LogP contribution in [0.15, 0.2) is 24.3 Å². The van der Waals surface area contributed by atoms with E-state index in [9.17, 15) is 4.79 Å². The molecular formula is C15H22N2O4. The lowest BCUT2D eigenvalue weighted by molar-refractivity contribution is -0.133. The van der Waals surface area contributed by atoms with Gasteiger partial charge in [-0.05, 0) is 12.1 Å². The zero-order chi connectivity index (χ0) is 15.2. The van der Waals surface area contributed by atoms with E-state index in [1.807, 2.05) is 24.3 Å². The van der Waals surface area contributed by atoms with E-state index in [-0.39, 0.29) is 24.5 Å². The second kappa shape index (κ2) is 7.28. The third-order valence-electron chi connectivity index (χ3n) is 3.47. The first-order valence-electron chi connectivity index (χ1n) is 6.99. The van der Waals surface area contributed by atoms with Gasteiger partial charge in [0.15, 0.2) is 17.6 Å². The molecule has 1 aliphatic heterocycles. The molecule has 0 bridgehead atoms. The first kappa shape index (κ1) is 15.6. The molecule has 1 amide bonds. The Morgan fingerprint density at radius 2 is 2.19 bits per heavy atom. The maximum absolute atomic E-state index is 12.1. The van der Waals surface area contributed by atoms with E-state index in [4.69, 9.17) is 19.9 Å². The van der Waals surface area contributed by atoms with Crippen LogP contribution in [-0.2, 0) is 9.53 Å². The molecule has 0 saturated carbocycles. The molecule has 2 unspecified atom stereocenters. The maximum Gasteiger partial charge on any atom is 0.225 e. The van der Waals surface area contributed by atoms with Crippen LogP contribution in [0.2, 0.25) is 0 Å². The Labute approximate surface area is 124 Å². The summed E-state index contributed by atoms with van der Waals surface area (Å²) in [6, 6.07) is 7.52. The largest absolute Gasteiger partial charge is 0.486 e. The monoisotopic (exact) mass is 294 g/mol. The second-order valence-corrected chi connectivity index (χ2v) is 5.07. The Hall–Kier alpha value is -1.79.